The fourth-order valence-electron chi connectivity index (χ4n) is 2.52. The number of benzene rings is 1. The van der Waals surface area contributed by atoms with Crippen LogP contribution in [0.15, 0.2) is 24.3 Å². The molecule has 0 saturated carbocycles. The highest BCUT2D eigenvalue weighted by atomic mass is 16.5. The van der Waals surface area contributed by atoms with Crippen LogP contribution < -0.4 is 11.1 Å². The van der Waals surface area contributed by atoms with Gasteiger partial charge < -0.3 is 15.8 Å². The second-order valence-corrected chi connectivity index (χ2v) is 5.58. The molecule has 5 nitrogen and oxygen atoms in total. The summed E-state index contributed by atoms with van der Waals surface area (Å²) in [5, 5.41) is 3.06. The van der Waals surface area contributed by atoms with E-state index in [9.17, 15) is 4.79 Å². The molecule has 2 rings (SSSR count). The summed E-state index contributed by atoms with van der Waals surface area (Å²) in [6.07, 6.45) is 0.415. The SMILES string of the molecule is CC(CN1CCOCC1)NC(=O)Cc1ccc(CN)cc1. The number of amides is 1. The normalized spacial score (nSPS) is 17.4. The molecule has 21 heavy (non-hydrogen) atoms. The van der Waals surface area contributed by atoms with Gasteiger partial charge in [0.05, 0.1) is 19.6 Å². The van der Waals surface area contributed by atoms with Crippen molar-refractivity contribution in [3.05, 3.63) is 35.4 Å². The molecule has 1 aliphatic rings. The Hall–Kier alpha value is -1.43. The molecule has 0 bridgehead atoms. The molecule has 5 heteroatoms. The van der Waals surface area contributed by atoms with Gasteiger partial charge in [0.1, 0.15) is 0 Å². The lowest BCUT2D eigenvalue weighted by Crippen LogP contribution is -2.46. The van der Waals surface area contributed by atoms with E-state index in [-0.39, 0.29) is 11.9 Å². The van der Waals surface area contributed by atoms with Gasteiger partial charge in [0.2, 0.25) is 5.91 Å². The zero-order chi connectivity index (χ0) is 15.1. The lowest BCUT2D eigenvalue weighted by molar-refractivity contribution is -0.121. The number of morpholine rings is 1. The molecule has 1 atom stereocenters. The summed E-state index contributed by atoms with van der Waals surface area (Å²) in [5.74, 6) is 0.0660. The molecule has 1 amide bonds. The summed E-state index contributed by atoms with van der Waals surface area (Å²) in [7, 11) is 0. The Morgan fingerprint density at radius 1 is 1.29 bits per heavy atom. The van der Waals surface area contributed by atoms with Gasteiger partial charge in [-0.05, 0) is 18.1 Å². The van der Waals surface area contributed by atoms with E-state index in [0.717, 1.165) is 44.0 Å². The molecule has 1 saturated heterocycles. The molecule has 1 heterocycles. The van der Waals surface area contributed by atoms with Crippen molar-refractivity contribution in [1.29, 1.82) is 0 Å². The molecule has 1 aliphatic heterocycles. The van der Waals surface area contributed by atoms with Crippen molar-refractivity contribution in [2.24, 2.45) is 5.73 Å². The minimum Gasteiger partial charge on any atom is -0.379 e. The predicted molar refractivity (Wildman–Crippen MR) is 82.9 cm³/mol. The smallest absolute Gasteiger partial charge is 0.224 e. The number of ether oxygens (including phenoxy) is 1. The number of rotatable bonds is 6. The molecule has 0 aliphatic carbocycles. The van der Waals surface area contributed by atoms with Crippen LogP contribution in [0.3, 0.4) is 0 Å². The van der Waals surface area contributed by atoms with E-state index in [1.807, 2.05) is 31.2 Å². The third-order valence-corrected chi connectivity index (χ3v) is 3.67. The van der Waals surface area contributed by atoms with Gasteiger partial charge in [-0.25, -0.2) is 0 Å². The van der Waals surface area contributed by atoms with Crippen LogP contribution in [0.5, 0.6) is 0 Å². The number of nitrogens with one attached hydrogen (secondary N) is 1. The van der Waals surface area contributed by atoms with E-state index in [2.05, 4.69) is 10.2 Å². The van der Waals surface area contributed by atoms with Gasteiger partial charge in [-0.3, -0.25) is 9.69 Å². The molecule has 116 valence electrons. The van der Waals surface area contributed by atoms with Gasteiger partial charge in [-0.2, -0.15) is 0 Å². The van der Waals surface area contributed by atoms with Gasteiger partial charge in [-0.15, -0.1) is 0 Å². The van der Waals surface area contributed by atoms with Gasteiger partial charge in [0, 0.05) is 32.2 Å². The second-order valence-electron chi connectivity index (χ2n) is 5.58. The number of hydrogen-bond acceptors (Lipinski definition) is 4. The highest BCUT2D eigenvalue weighted by Gasteiger charge is 2.15. The largest absolute Gasteiger partial charge is 0.379 e. The van der Waals surface area contributed by atoms with E-state index >= 15 is 0 Å². The number of hydrogen-bond donors (Lipinski definition) is 2. The van der Waals surface area contributed by atoms with Crippen LogP contribution in [0.2, 0.25) is 0 Å². The molecule has 0 spiro atoms. The summed E-state index contributed by atoms with van der Waals surface area (Å²) >= 11 is 0. The topological polar surface area (TPSA) is 67.6 Å². The fraction of sp³-hybridized carbons (Fsp3) is 0.562. The second kappa shape index (κ2) is 8.12. The maximum Gasteiger partial charge on any atom is 0.224 e. The number of carbonyl (C=O) groups is 1. The summed E-state index contributed by atoms with van der Waals surface area (Å²) in [6, 6.07) is 8.03. The average Bonchev–Trinajstić information content (AvgIpc) is 2.48. The molecule has 1 aromatic carbocycles. The van der Waals surface area contributed by atoms with Crippen LogP contribution in [0.25, 0.3) is 0 Å². The van der Waals surface area contributed by atoms with Gasteiger partial charge in [0.25, 0.3) is 0 Å². The quantitative estimate of drug-likeness (QED) is 0.802. The molecular formula is C16H25N3O2. The molecule has 1 fully saturated rings. The molecule has 1 aromatic rings. The van der Waals surface area contributed by atoms with Crippen LogP contribution >= 0.6 is 0 Å². The lowest BCUT2D eigenvalue weighted by atomic mass is 10.1. The molecule has 0 aromatic heterocycles. The number of nitrogens with two attached hydrogens (primary N) is 1. The Balaban J connectivity index is 1.74. The van der Waals surface area contributed by atoms with Crippen LogP contribution in [0.4, 0.5) is 0 Å². The maximum atomic E-state index is 12.0. The van der Waals surface area contributed by atoms with E-state index in [1.54, 1.807) is 0 Å². The Bertz CT molecular complexity index is 441. The summed E-state index contributed by atoms with van der Waals surface area (Å²) < 4.78 is 5.32. The van der Waals surface area contributed by atoms with Crippen molar-refractivity contribution in [1.82, 2.24) is 10.2 Å². The standard InChI is InChI=1S/C16H25N3O2/c1-13(12-19-6-8-21-9-7-19)18-16(20)10-14-2-4-15(11-17)5-3-14/h2-5,13H,6-12,17H2,1H3,(H,18,20). The van der Waals surface area contributed by atoms with Crippen LogP contribution in [-0.2, 0) is 22.5 Å². The van der Waals surface area contributed by atoms with Gasteiger partial charge >= 0.3 is 0 Å². The Morgan fingerprint density at radius 3 is 2.52 bits per heavy atom. The Morgan fingerprint density at radius 2 is 1.90 bits per heavy atom. The van der Waals surface area contributed by atoms with E-state index in [4.69, 9.17) is 10.5 Å². The minimum atomic E-state index is 0.0660. The first-order valence-corrected chi connectivity index (χ1v) is 7.54. The minimum absolute atomic E-state index is 0.0660. The highest BCUT2D eigenvalue weighted by Crippen LogP contribution is 2.05. The molecule has 1 unspecified atom stereocenters. The van der Waals surface area contributed by atoms with Crippen LogP contribution in [-0.4, -0.2) is 49.7 Å². The number of carbonyl (C=O) groups excluding carboxylic acids is 1. The Kier molecular flexibility index (Phi) is 6.17. The van der Waals surface area contributed by atoms with Crippen LogP contribution in [0.1, 0.15) is 18.1 Å². The molecule has 0 radical (unpaired) electrons. The van der Waals surface area contributed by atoms with Crippen molar-refractivity contribution in [3.8, 4) is 0 Å². The summed E-state index contributed by atoms with van der Waals surface area (Å²) in [6.45, 7) is 6.92. The third-order valence-electron chi connectivity index (χ3n) is 3.67. The summed E-state index contributed by atoms with van der Waals surface area (Å²) in [4.78, 5) is 14.4. The van der Waals surface area contributed by atoms with Crippen molar-refractivity contribution in [2.45, 2.75) is 25.9 Å². The zero-order valence-corrected chi connectivity index (χ0v) is 12.7. The van der Waals surface area contributed by atoms with E-state index in [1.165, 1.54) is 0 Å². The summed E-state index contributed by atoms with van der Waals surface area (Å²) in [5.41, 5.74) is 7.66. The monoisotopic (exact) mass is 291 g/mol. The average molecular weight is 291 g/mol. The van der Waals surface area contributed by atoms with Crippen molar-refractivity contribution in [3.63, 3.8) is 0 Å². The fourth-order valence-corrected chi connectivity index (χ4v) is 2.52. The third kappa shape index (κ3) is 5.46. The van der Waals surface area contributed by atoms with E-state index < -0.39 is 0 Å². The Labute approximate surface area is 126 Å². The first kappa shape index (κ1) is 15.9. The van der Waals surface area contributed by atoms with Crippen molar-refractivity contribution in [2.75, 3.05) is 32.8 Å². The van der Waals surface area contributed by atoms with E-state index in [0.29, 0.717) is 13.0 Å². The van der Waals surface area contributed by atoms with Crippen molar-refractivity contribution >= 4 is 5.91 Å². The highest BCUT2D eigenvalue weighted by molar-refractivity contribution is 5.78. The lowest BCUT2D eigenvalue weighted by Gasteiger charge is -2.29. The molecule has 3 N–H and O–H groups in total. The predicted octanol–water partition coefficient (Wildman–Crippen LogP) is 0.525. The van der Waals surface area contributed by atoms with Gasteiger partial charge in [-0.1, -0.05) is 24.3 Å². The first-order valence-electron chi connectivity index (χ1n) is 7.54. The molecular weight excluding hydrogens is 266 g/mol. The van der Waals surface area contributed by atoms with Gasteiger partial charge in [0.15, 0.2) is 0 Å². The first-order chi connectivity index (χ1) is 10.2. The number of nitrogens with zero attached hydrogens (tertiary/aromatic N) is 1. The maximum absolute atomic E-state index is 12.0. The van der Waals surface area contributed by atoms with Crippen LogP contribution in [0, 0.1) is 0 Å². The van der Waals surface area contributed by atoms with Crippen molar-refractivity contribution < 1.29 is 9.53 Å². The zero-order valence-electron chi connectivity index (χ0n) is 12.7.